The smallest absolute Gasteiger partial charge is 0.254 e. The molecule has 0 unspecified atom stereocenters. The molecule has 29 heavy (non-hydrogen) atoms. The summed E-state index contributed by atoms with van der Waals surface area (Å²) in [5, 5.41) is 0. The van der Waals surface area contributed by atoms with Crippen molar-refractivity contribution in [2.75, 3.05) is 29.5 Å². The lowest BCUT2D eigenvalue weighted by Gasteiger charge is -2.29. The number of carbonyl (C=O) groups is 1. The van der Waals surface area contributed by atoms with Crippen molar-refractivity contribution in [3.8, 4) is 0 Å². The quantitative estimate of drug-likeness (QED) is 0.691. The molecule has 0 saturated carbocycles. The first-order valence-corrected chi connectivity index (χ1v) is 11.8. The molecule has 0 bridgehead atoms. The van der Waals surface area contributed by atoms with Crippen LogP contribution in [0.3, 0.4) is 0 Å². The summed E-state index contributed by atoms with van der Waals surface area (Å²) in [6.45, 7) is 6.33. The number of hydrogen-bond acceptors (Lipinski definition) is 4. The number of anilines is 1. The second-order valence-electron chi connectivity index (χ2n) is 7.34. The number of amides is 1. The van der Waals surface area contributed by atoms with E-state index in [2.05, 4.69) is 18.7 Å². The van der Waals surface area contributed by atoms with Gasteiger partial charge in [0, 0.05) is 36.9 Å². The molecule has 1 atom stereocenters. The van der Waals surface area contributed by atoms with E-state index in [1.165, 1.54) is 24.3 Å². The van der Waals surface area contributed by atoms with Gasteiger partial charge in [0.15, 0.2) is 9.84 Å². The number of halogens is 1. The highest BCUT2D eigenvalue weighted by molar-refractivity contribution is 7.91. The van der Waals surface area contributed by atoms with Crippen LogP contribution in [0.4, 0.5) is 10.1 Å². The molecule has 5 nitrogen and oxygen atoms in total. The molecule has 0 aromatic heterocycles. The Hall–Kier alpha value is -2.41. The lowest BCUT2D eigenvalue weighted by Crippen LogP contribution is -2.40. The SMILES string of the molecule is CCN(CC)c1ccc(CN(C(=O)c2ccc(F)cc2)[C@H]2CCS(=O)(=O)C2)cc1. The van der Waals surface area contributed by atoms with Crippen LogP contribution in [0, 0.1) is 5.82 Å². The Morgan fingerprint density at radius 1 is 1.03 bits per heavy atom. The van der Waals surface area contributed by atoms with E-state index in [-0.39, 0.29) is 23.5 Å². The maximum atomic E-state index is 13.3. The molecule has 0 aliphatic carbocycles. The van der Waals surface area contributed by atoms with Gasteiger partial charge in [-0.05, 0) is 62.2 Å². The Kier molecular flexibility index (Phi) is 6.57. The van der Waals surface area contributed by atoms with Crippen molar-refractivity contribution >= 4 is 21.4 Å². The maximum Gasteiger partial charge on any atom is 0.254 e. The van der Waals surface area contributed by atoms with Gasteiger partial charge in [-0.2, -0.15) is 0 Å². The van der Waals surface area contributed by atoms with Gasteiger partial charge in [-0.3, -0.25) is 4.79 Å². The van der Waals surface area contributed by atoms with Gasteiger partial charge in [-0.1, -0.05) is 12.1 Å². The summed E-state index contributed by atoms with van der Waals surface area (Å²) in [5.41, 5.74) is 2.40. The Bertz CT molecular complexity index is 939. The summed E-state index contributed by atoms with van der Waals surface area (Å²) < 4.78 is 37.2. The lowest BCUT2D eigenvalue weighted by atomic mass is 10.1. The first-order chi connectivity index (χ1) is 13.8. The van der Waals surface area contributed by atoms with Crippen molar-refractivity contribution in [1.29, 1.82) is 0 Å². The Balaban J connectivity index is 1.85. The minimum atomic E-state index is -3.14. The summed E-state index contributed by atoms with van der Waals surface area (Å²) in [7, 11) is -3.14. The second kappa shape index (κ2) is 8.95. The zero-order valence-corrected chi connectivity index (χ0v) is 17.7. The third kappa shape index (κ3) is 5.15. The standard InChI is InChI=1S/C22H27FN2O3S/c1-3-24(4-2)20-11-5-17(6-12-20)15-25(21-13-14-29(27,28)16-21)22(26)18-7-9-19(23)10-8-18/h5-12,21H,3-4,13-16H2,1-2H3/t21-/m0/s1. The van der Waals surface area contributed by atoms with E-state index >= 15 is 0 Å². The van der Waals surface area contributed by atoms with Crippen molar-refractivity contribution in [3.05, 3.63) is 65.5 Å². The second-order valence-corrected chi connectivity index (χ2v) is 9.56. The molecule has 1 amide bonds. The van der Waals surface area contributed by atoms with E-state index in [0.717, 1.165) is 24.3 Å². The predicted molar refractivity (Wildman–Crippen MR) is 113 cm³/mol. The molecule has 1 aliphatic rings. The fourth-order valence-corrected chi connectivity index (χ4v) is 5.47. The number of hydrogen-bond donors (Lipinski definition) is 0. The molecule has 3 rings (SSSR count). The van der Waals surface area contributed by atoms with E-state index in [9.17, 15) is 17.6 Å². The summed E-state index contributed by atoms with van der Waals surface area (Å²) in [6.07, 6.45) is 0.423. The third-order valence-corrected chi connectivity index (χ3v) is 7.17. The summed E-state index contributed by atoms with van der Waals surface area (Å²) in [4.78, 5) is 17.0. The topological polar surface area (TPSA) is 57.7 Å². The monoisotopic (exact) mass is 418 g/mol. The minimum absolute atomic E-state index is 0.0303. The molecule has 1 fully saturated rings. The normalized spacial score (nSPS) is 17.8. The first kappa shape index (κ1) is 21.3. The maximum absolute atomic E-state index is 13.3. The van der Waals surface area contributed by atoms with Gasteiger partial charge in [0.05, 0.1) is 11.5 Å². The first-order valence-electron chi connectivity index (χ1n) is 9.93. The van der Waals surface area contributed by atoms with Crippen LogP contribution < -0.4 is 4.90 Å². The van der Waals surface area contributed by atoms with E-state index < -0.39 is 15.7 Å². The van der Waals surface area contributed by atoms with Crippen molar-refractivity contribution in [3.63, 3.8) is 0 Å². The van der Waals surface area contributed by atoms with E-state index in [1.54, 1.807) is 4.90 Å². The van der Waals surface area contributed by atoms with E-state index in [1.807, 2.05) is 24.3 Å². The highest BCUT2D eigenvalue weighted by Crippen LogP contribution is 2.24. The van der Waals surface area contributed by atoms with Gasteiger partial charge in [0.25, 0.3) is 5.91 Å². The molecule has 2 aromatic rings. The Morgan fingerprint density at radius 2 is 1.66 bits per heavy atom. The molecular formula is C22H27FN2O3S. The molecule has 156 valence electrons. The van der Waals surface area contributed by atoms with Gasteiger partial charge < -0.3 is 9.80 Å². The third-order valence-electron chi connectivity index (χ3n) is 5.42. The summed E-state index contributed by atoms with van der Waals surface area (Å²) in [5.74, 6) is -0.632. The Morgan fingerprint density at radius 3 is 2.17 bits per heavy atom. The average molecular weight is 419 g/mol. The number of carbonyl (C=O) groups excluding carboxylic acids is 1. The van der Waals surface area contributed by atoms with Crippen LogP contribution in [-0.4, -0.2) is 49.9 Å². The van der Waals surface area contributed by atoms with Crippen molar-refractivity contribution < 1.29 is 17.6 Å². The predicted octanol–water partition coefficient (Wildman–Crippen LogP) is 3.50. The minimum Gasteiger partial charge on any atom is -0.372 e. The van der Waals surface area contributed by atoms with Crippen LogP contribution in [0.15, 0.2) is 48.5 Å². The van der Waals surface area contributed by atoms with E-state index in [4.69, 9.17) is 0 Å². The zero-order valence-electron chi connectivity index (χ0n) is 16.8. The highest BCUT2D eigenvalue weighted by atomic mass is 32.2. The van der Waals surface area contributed by atoms with Crippen LogP contribution in [0.1, 0.15) is 36.2 Å². The zero-order chi connectivity index (χ0) is 21.0. The van der Waals surface area contributed by atoms with Gasteiger partial charge in [-0.15, -0.1) is 0 Å². The van der Waals surface area contributed by atoms with Crippen LogP contribution in [0.2, 0.25) is 0 Å². The summed E-state index contributed by atoms with van der Waals surface area (Å²) >= 11 is 0. The average Bonchev–Trinajstić information content (AvgIpc) is 3.07. The van der Waals surface area contributed by atoms with E-state index in [0.29, 0.717) is 18.5 Å². The molecule has 0 radical (unpaired) electrons. The molecule has 1 saturated heterocycles. The van der Waals surface area contributed by atoms with Crippen molar-refractivity contribution in [2.45, 2.75) is 32.9 Å². The van der Waals surface area contributed by atoms with Crippen molar-refractivity contribution in [1.82, 2.24) is 4.90 Å². The highest BCUT2D eigenvalue weighted by Gasteiger charge is 2.35. The van der Waals surface area contributed by atoms with Crippen LogP contribution >= 0.6 is 0 Å². The van der Waals surface area contributed by atoms with Crippen LogP contribution in [0.25, 0.3) is 0 Å². The molecule has 0 spiro atoms. The summed E-state index contributed by atoms with van der Waals surface area (Å²) in [6, 6.07) is 13.0. The van der Waals surface area contributed by atoms with Gasteiger partial charge in [0.1, 0.15) is 5.82 Å². The van der Waals surface area contributed by atoms with Crippen LogP contribution in [-0.2, 0) is 16.4 Å². The van der Waals surface area contributed by atoms with Gasteiger partial charge in [0.2, 0.25) is 0 Å². The molecule has 1 aliphatic heterocycles. The van der Waals surface area contributed by atoms with Crippen molar-refractivity contribution in [2.24, 2.45) is 0 Å². The molecule has 7 heteroatoms. The van der Waals surface area contributed by atoms with Crippen LogP contribution in [0.5, 0.6) is 0 Å². The molecule has 2 aromatic carbocycles. The van der Waals surface area contributed by atoms with Gasteiger partial charge >= 0.3 is 0 Å². The number of nitrogens with zero attached hydrogens (tertiary/aromatic N) is 2. The fraction of sp³-hybridized carbons (Fsp3) is 0.409. The number of rotatable bonds is 7. The number of sulfone groups is 1. The fourth-order valence-electron chi connectivity index (χ4n) is 3.74. The van der Waals surface area contributed by atoms with Gasteiger partial charge in [-0.25, -0.2) is 12.8 Å². The lowest BCUT2D eigenvalue weighted by molar-refractivity contribution is 0.0681. The molecule has 0 N–H and O–H groups in total. The molecular weight excluding hydrogens is 391 g/mol. The largest absolute Gasteiger partial charge is 0.372 e. The number of benzene rings is 2. The Labute approximate surface area is 172 Å². The molecule has 1 heterocycles.